The van der Waals surface area contributed by atoms with E-state index in [9.17, 15) is 4.79 Å². The minimum Gasteiger partial charge on any atom is -0.476 e. The Labute approximate surface area is 91.8 Å². The topological polar surface area (TPSA) is 69.2 Å². The zero-order valence-electron chi connectivity index (χ0n) is 8.28. The molecule has 2 rings (SSSR count). The fourth-order valence-corrected chi connectivity index (χ4v) is 1.97. The van der Waals surface area contributed by atoms with Crippen LogP contribution in [0.15, 0.2) is 0 Å². The van der Waals surface area contributed by atoms with E-state index in [-0.39, 0.29) is 10.5 Å². The molecule has 80 valence electrons. The maximum absolute atomic E-state index is 11.0. The molecule has 6 heteroatoms. The van der Waals surface area contributed by atoms with Crippen LogP contribution >= 0.6 is 12.2 Å². The highest BCUT2D eigenvalue weighted by molar-refractivity contribution is 7.71. The summed E-state index contributed by atoms with van der Waals surface area (Å²) in [7, 11) is 0. The van der Waals surface area contributed by atoms with Crippen LogP contribution in [0.2, 0.25) is 0 Å². The third kappa shape index (κ3) is 1.78. The quantitative estimate of drug-likeness (QED) is 0.739. The van der Waals surface area contributed by atoms with Crippen LogP contribution in [-0.4, -0.2) is 32.5 Å². The minimum absolute atomic E-state index is 0.0877. The van der Waals surface area contributed by atoms with Gasteiger partial charge < -0.3 is 10.1 Å². The van der Waals surface area contributed by atoms with Gasteiger partial charge in [-0.2, -0.15) is 0 Å². The number of carboxylic acids is 1. The van der Waals surface area contributed by atoms with E-state index in [1.807, 2.05) is 6.92 Å². The molecule has 0 unspecified atom stereocenters. The zero-order chi connectivity index (χ0) is 11.0. The van der Waals surface area contributed by atoms with Gasteiger partial charge in [0.2, 0.25) is 0 Å². The van der Waals surface area contributed by atoms with E-state index in [2.05, 4.69) is 14.9 Å². The van der Waals surface area contributed by atoms with Crippen molar-refractivity contribution in [2.24, 2.45) is 0 Å². The molecular formula is C9H11N3O2S. The SMILES string of the molecule is CCN1Cc2[nH]c(=S)nc(C(=O)O)c2C1. The van der Waals surface area contributed by atoms with Gasteiger partial charge in [-0.25, -0.2) is 9.78 Å². The average molecular weight is 225 g/mol. The van der Waals surface area contributed by atoms with Gasteiger partial charge >= 0.3 is 5.97 Å². The van der Waals surface area contributed by atoms with Crippen molar-refractivity contribution < 1.29 is 9.90 Å². The summed E-state index contributed by atoms with van der Waals surface area (Å²) in [5, 5.41) is 8.99. The number of nitrogens with one attached hydrogen (secondary N) is 1. The lowest BCUT2D eigenvalue weighted by atomic mass is 10.2. The number of fused-ring (bicyclic) bond motifs is 1. The molecule has 0 atom stereocenters. The molecule has 0 amide bonds. The van der Waals surface area contributed by atoms with E-state index < -0.39 is 5.97 Å². The van der Waals surface area contributed by atoms with Gasteiger partial charge in [0.1, 0.15) is 0 Å². The molecule has 0 fully saturated rings. The van der Waals surface area contributed by atoms with Gasteiger partial charge in [0.15, 0.2) is 10.5 Å². The summed E-state index contributed by atoms with van der Waals surface area (Å²) in [5.41, 5.74) is 1.73. The molecule has 0 saturated carbocycles. The van der Waals surface area contributed by atoms with Crippen molar-refractivity contribution in [1.29, 1.82) is 0 Å². The van der Waals surface area contributed by atoms with Crippen LogP contribution in [0.3, 0.4) is 0 Å². The first-order valence-corrected chi connectivity index (χ1v) is 5.10. The Hall–Kier alpha value is -1.27. The number of aromatic carboxylic acids is 1. The summed E-state index contributed by atoms with van der Waals surface area (Å²) < 4.78 is 0.240. The first kappa shape index (κ1) is 10.3. The molecule has 0 bridgehead atoms. The van der Waals surface area contributed by atoms with Crippen molar-refractivity contribution in [3.8, 4) is 0 Å². The number of rotatable bonds is 2. The van der Waals surface area contributed by atoms with Crippen LogP contribution in [0.4, 0.5) is 0 Å². The second-order valence-electron chi connectivity index (χ2n) is 3.46. The van der Waals surface area contributed by atoms with Crippen molar-refractivity contribution in [3.05, 3.63) is 21.7 Å². The van der Waals surface area contributed by atoms with Crippen LogP contribution < -0.4 is 0 Å². The molecule has 1 aromatic heterocycles. The average Bonchev–Trinajstić information content (AvgIpc) is 2.58. The number of hydrogen-bond donors (Lipinski definition) is 2. The van der Waals surface area contributed by atoms with Gasteiger partial charge in [-0.1, -0.05) is 6.92 Å². The zero-order valence-corrected chi connectivity index (χ0v) is 9.10. The van der Waals surface area contributed by atoms with E-state index in [0.717, 1.165) is 24.3 Å². The standard InChI is InChI=1S/C9H11N3O2S/c1-2-12-3-5-6(4-12)10-9(15)11-7(5)8(13)14/h2-4H2,1H3,(H,13,14)(H,10,11,15). The predicted octanol–water partition coefficient (Wildman–Crippen LogP) is 1.17. The van der Waals surface area contributed by atoms with Crippen molar-refractivity contribution >= 4 is 18.2 Å². The molecule has 0 saturated heterocycles. The van der Waals surface area contributed by atoms with E-state index in [0.29, 0.717) is 6.54 Å². The smallest absolute Gasteiger partial charge is 0.355 e. The Morgan fingerprint density at radius 3 is 3.00 bits per heavy atom. The molecule has 1 aliphatic heterocycles. The van der Waals surface area contributed by atoms with Gasteiger partial charge in [0, 0.05) is 24.3 Å². The summed E-state index contributed by atoms with van der Waals surface area (Å²) in [5.74, 6) is -1.01. The van der Waals surface area contributed by atoms with Crippen molar-refractivity contribution in [1.82, 2.24) is 14.9 Å². The van der Waals surface area contributed by atoms with E-state index in [4.69, 9.17) is 17.3 Å². The molecule has 0 aromatic carbocycles. The molecule has 0 radical (unpaired) electrons. The summed E-state index contributed by atoms with van der Waals surface area (Å²) in [6.07, 6.45) is 0. The van der Waals surface area contributed by atoms with Crippen LogP contribution in [-0.2, 0) is 13.1 Å². The molecule has 2 N–H and O–H groups in total. The Kier molecular flexibility index (Phi) is 2.54. The Balaban J connectivity index is 2.53. The molecule has 0 spiro atoms. The highest BCUT2D eigenvalue weighted by atomic mass is 32.1. The van der Waals surface area contributed by atoms with Gasteiger partial charge in [0.05, 0.1) is 0 Å². The Morgan fingerprint density at radius 2 is 2.40 bits per heavy atom. The predicted molar refractivity (Wildman–Crippen MR) is 56.2 cm³/mol. The number of H-pyrrole nitrogens is 1. The van der Waals surface area contributed by atoms with Gasteiger partial charge in [-0.3, -0.25) is 4.90 Å². The summed E-state index contributed by atoms with van der Waals surface area (Å²) >= 11 is 4.89. The highest BCUT2D eigenvalue weighted by Crippen LogP contribution is 2.22. The molecule has 1 aromatic rings. The number of carbonyl (C=O) groups is 1. The Bertz CT molecular complexity index is 469. The van der Waals surface area contributed by atoms with Gasteiger partial charge in [-0.15, -0.1) is 0 Å². The van der Waals surface area contributed by atoms with Crippen LogP contribution in [0, 0.1) is 4.77 Å². The van der Waals surface area contributed by atoms with Crippen molar-refractivity contribution in [2.45, 2.75) is 20.0 Å². The third-order valence-electron chi connectivity index (χ3n) is 2.53. The molecule has 1 aliphatic rings. The Morgan fingerprint density at radius 1 is 1.67 bits per heavy atom. The molecule has 5 nitrogen and oxygen atoms in total. The maximum Gasteiger partial charge on any atom is 0.355 e. The van der Waals surface area contributed by atoms with E-state index in [1.165, 1.54) is 0 Å². The van der Waals surface area contributed by atoms with Gasteiger partial charge in [-0.05, 0) is 18.8 Å². The lowest BCUT2D eigenvalue weighted by Gasteiger charge is -2.09. The number of aromatic amines is 1. The molecule has 15 heavy (non-hydrogen) atoms. The number of carboxylic acid groups (broad SMARTS) is 1. The molecular weight excluding hydrogens is 214 g/mol. The maximum atomic E-state index is 11.0. The molecule has 0 aliphatic carbocycles. The lowest BCUT2D eigenvalue weighted by Crippen LogP contribution is -2.15. The first-order valence-electron chi connectivity index (χ1n) is 4.69. The van der Waals surface area contributed by atoms with E-state index >= 15 is 0 Å². The van der Waals surface area contributed by atoms with Crippen molar-refractivity contribution in [3.63, 3.8) is 0 Å². The third-order valence-corrected chi connectivity index (χ3v) is 2.73. The summed E-state index contributed by atoms with van der Waals surface area (Å²) in [6, 6.07) is 0. The normalized spacial score (nSPS) is 15.3. The lowest BCUT2D eigenvalue weighted by molar-refractivity contribution is 0.0688. The van der Waals surface area contributed by atoms with Crippen LogP contribution in [0.1, 0.15) is 28.7 Å². The number of aromatic nitrogens is 2. The summed E-state index contributed by atoms with van der Waals surface area (Å²) in [4.78, 5) is 19.9. The fourth-order valence-electron chi connectivity index (χ4n) is 1.75. The second-order valence-corrected chi connectivity index (χ2v) is 3.84. The van der Waals surface area contributed by atoms with Gasteiger partial charge in [0.25, 0.3) is 0 Å². The minimum atomic E-state index is -1.01. The van der Waals surface area contributed by atoms with Crippen LogP contribution in [0.5, 0.6) is 0 Å². The van der Waals surface area contributed by atoms with Crippen LogP contribution in [0.25, 0.3) is 0 Å². The fraction of sp³-hybridized carbons (Fsp3) is 0.444. The summed E-state index contributed by atoms with van der Waals surface area (Å²) in [6.45, 7) is 4.27. The highest BCUT2D eigenvalue weighted by Gasteiger charge is 2.25. The van der Waals surface area contributed by atoms with E-state index in [1.54, 1.807) is 0 Å². The second kappa shape index (κ2) is 3.71. The number of nitrogens with zero attached hydrogens (tertiary/aromatic N) is 2. The molecule has 2 heterocycles. The largest absolute Gasteiger partial charge is 0.476 e. The number of hydrogen-bond acceptors (Lipinski definition) is 4. The monoisotopic (exact) mass is 225 g/mol. The first-order chi connectivity index (χ1) is 7.11. The van der Waals surface area contributed by atoms with Crippen molar-refractivity contribution in [2.75, 3.05) is 6.54 Å².